The van der Waals surface area contributed by atoms with Crippen molar-refractivity contribution in [2.75, 3.05) is 7.05 Å². The molecule has 0 spiro atoms. The maximum Gasteiger partial charge on any atom is 0.191 e. The first-order valence-corrected chi connectivity index (χ1v) is 9.19. The van der Waals surface area contributed by atoms with E-state index < -0.39 is 0 Å². The lowest BCUT2D eigenvalue weighted by Crippen LogP contribution is -2.36. The van der Waals surface area contributed by atoms with Crippen molar-refractivity contribution in [3.63, 3.8) is 0 Å². The molecule has 0 unspecified atom stereocenters. The minimum atomic E-state index is 0.726. The molecule has 140 valence electrons. The molecule has 0 amide bonds. The third-order valence-electron chi connectivity index (χ3n) is 4.49. The van der Waals surface area contributed by atoms with Crippen LogP contribution < -0.4 is 10.6 Å². The zero-order valence-electron chi connectivity index (χ0n) is 16.2. The maximum atomic E-state index is 4.32. The van der Waals surface area contributed by atoms with Crippen LogP contribution in [0.1, 0.15) is 28.1 Å². The minimum Gasteiger partial charge on any atom is -0.352 e. The molecule has 0 aliphatic heterocycles. The number of aliphatic imine (C=N–C) groups is 1. The van der Waals surface area contributed by atoms with Gasteiger partial charge in [-0.05, 0) is 30.5 Å². The van der Waals surface area contributed by atoms with Crippen molar-refractivity contribution in [3.05, 3.63) is 89.0 Å². The fraction of sp³-hybridized carbons (Fsp3) is 0.273. The molecule has 27 heavy (non-hydrogen) atoms. The molecule has 0 fully saturated rings. The summed E-state index contributed by atoms with van der Waals surface area (Å²) < 4.78 is 2.15. The number of nitrogens with one attached hydrogen (secondary N) is 2. The molecule has 0 aliphatic carbocycles. The van der Waals surface area contributed by atoms with E-state index in [1.165, 1.54) is 22.3 Å². The lowest BCUT2D eigenvalue weighted by atomic mass is 10.1. The van der Waals surface area contributed by atoms with Crippen LogP contribution in [0.2, 0.25) is 0 Å². The predicted octanol–water partition coefficient (Wildman–Crippen LogP) is 3.41. The van der Waals surface area contributed by atoms with Crippen molar-refractivity contribution in [1.29, 1.82) is 0 Å². The van der Waals surface area contributed by atoms with Crippen LogP contribution in [0.5, 0.6) is 0 Å². The van der Waals surface area contributed by atoms with Gasteiger partial charge in [0.2, 0.25) is 0 Å². The predicted molar refractivity (Wildman–Crippen MR) is 111 cm³/mol. The molecule has 0 atom stereocenters. The number of hydrogen-bond donors (Lipinski definition) is 2. The fourth-order valence-electron chi connectivity index (χ4n) is 3.02. The average molecular weight is 361 g/mol. The number of benzene rings is 2. The van der Waals surface area contributed by atoms with Gasteiger partial charge in [0, 0.05) is 39.1 Å². The highest BCUT2D eigenvalue weighted by atomic mass is 15.2. The Balaban J connectivity index is 1.55. The molecular formula is C22H27N5. The van der Waals surface area contributed by atoms with Gasteiger partial charge >= 0.3 is 0 Å². The summed E-state index contributed by atoms with van der Waals surface area (Å²) in [5.74, 6) is 1.83. The Morgan fingerprint density at radius 2 is 1.63 bits per heavy atom. The van der Waals surface area contributed by atoms with E-state index in [1.807, 2.05) is 19.3 Å². The zero-order valence-corrected chi connectivity index (χ0v) is 16.2. The molecule has 0 aliphatic rings. The lowest BCUT2D eigenvalue weighted by Gasteiger charge is -2.13. The maximum absolute atomic E-state index is 4.32. The number of guanidine groups is 1. The number of aromatic nitrogens is 2. The largest absolute Gasteiger partial charge is 0.352 e. The van der Waals surface area contributed by atoms with Gasteiger partial charge in [0.15, 0.2) is 5.96 Å². The van der Waals surface area contributed by atoms with E-state index in [-0.39, 0.29) is 0 Å². The highest BCUT2D eigenvalue weighted by Crippen LogP contribution is 2.09. The highest BCUT2D eigenvalue weighted by molar-refractivity contribution is 5.79. The summed E-state index contributed by atoms with van der Waals surface area (Å²) in [5.41, 5.74) is 5.00. The van der Waals surface area contributed by atoms with Gasteiger partial charge < -0.3 is 15.2 Å². The van der Waals surface area contributed by atoms with Gasteiger partial charge in [0.25, 0.3) is 0 Å². The van der Waals surface area contributed by atoms with Crippen LogP contribution >= 0.6 is 0 Å². The molecule has 5 nitrogen and oxygen atoms in total. The van der Waals surface area contributed by atoms with Crippen LogP contribution in [0.15, 0.2) is 65.9 Å². The van der Waals surface area contributed by atoms with E-state index in [9.17, 15) is 0 Å². The summed E-state index contributed by atoms with van der Waals surface area (Å²) in [4.78, 5) is 8.60. The van der Waals surface area contributed by atoms with Gasteiger partial charge in [-0.15, -0.1) is 0 Å². The van der Waals surface area contributed by atoms with Crippen molar-refractivity contribution >= 4 is 5.96 Å². The number of nitrogens with zero attached hydrogens (tertiary/aromatic N) is 3. The molecule has 5 heteroatoms. The smallest absolute Gasteiger partial charge is 0.191 e. The van der Waals surface area contributed by atoms with Crippen molar-refractivity contribution in [2.45, 2.75) is 33.5 Å². The lowest BCUT2D eigenvalue weighted by molar-refractivity contribution is 0.758. The summed E-state index contributed by atoms with van der Waals surface area (Å²) >= 11 is 0. The van der Waals surface area contributed by atoms with Gasteiger partial charge in [-0.2, -0.15) is 0 Å². The SMILES string of the molecule is CN=C(NCc1cccc(C)c1)NCc1cccc(Cn2ccnc2C)c1. The normalized spacial score (nSPS) is 11.4. The molecule has 0 bridgehead atoms. The van der Waals surface area contributed by atoms with Crippen LogP contribution in [0.4, 0.5) is 0 Å². The second kappa shape index (κ2) is 9.03. The van der Waals surface area contributed by atoms with E-state index in [2.05, 4.69) is 80.6 Å². The Kier molecular flexibility index (Phi) is 6.26. The van der Waals surface area contributed by atoms with Crippen molar-refractivity contribution in [1.82, 2.24) is 20.2 Å². The van der Waals surface area contributed by atoms with Crippen molar-refractivity contribution in [2.24, 2.45) is 4.99 Å². The first-order valence-electron chi connectivity index (χ1n) is 9.19. The zero-order chi connectivity index (χ0) is 19.1. The molecule has 1 aromatic heterocycles. The van der Waals surface area contributed by atoms with Crippen LogP contribution in [0.3, 0.4) is 0 Å². The van der Waals surface area contributed by atoms with Gasteiger partial charge in [0.1, 0.15) is 5.82 Å². The van der Waals surface area contributed by atoms with Gasteiger partial charge in [-0.3, -0.25) is 4.99 Å². The van der Waals surface area contributed by atoms with Gasteiger partial charge in [-0.25, -0.2) is 4.98 Å². The Morgan fingerprint density at radius 3 is 2.26 bits per heavy atom. The number of rotatable bonds is 6. The van der Waals surface area contributed by atoms with E-state index >= 15 is 0 Å². The third kappa shape index (κ3) is 5.45. The molecule has 0 saturated heterocycles. The van der Waals surface area contributed by atoms with E-state index in [4.69, 9.17) is 0 Å². The van der Waals surface area contributed by atoms with E-state index in [0.29, 0.717) is 0 Å². The Bertz CT molecular complexity index is 910. The molecule has 2 aromatic carbocycles. The van der Waals surface area contributed by atoms with Crippen LogP contribution in [0, 0.1) is 13.8 Å². The first kappa shape index (κ1) is 18.7. The third-order valence-corrected chi connectivity index (χ3v) is 4.49. The summed E-state index contributed by atoms with van der Waals surface area (Å²) in [7, 11) is 1.80. The molecule has 0 saturated carbocycles. The van der Waals surface area contributed by atoms with E-state index in [1.54, 1.807) is 7.05 Å². The molecule has 0 radical (unpaired) electrons. The fourth-order valence-corrected chi connectivity index (χ4v) is 3.02. The molecular weight excluding hydrogens is 334 g/mol. The second-order valence-electron chi connectivity index (χ2n) is 6.69. The monoisotopic (exact) mass is 361 g/mol. The van der Waals surface area contributed by atoms with Gasteiger partial charge in [-0.1, -0.05) is 54.1 Å². The highest BCUT2D eigenvalue weighted by Gasteiger charge is 2.02. The molecule has 1 heterocycles. The molecule has 2 N–H and O–H groups in total. The summed E-state index contributed by atoms with van der Waals surface area (Å²) in [6.07, 6.45) is 3.85. The van der Waals surface area contributed by atoms with E-state index in [0.717, 1.165) is 31.4 Å². The molecule has 3 rings (SSSR count). The van der Waals surface area contributed by atoms with Crippen LogP contribution in [0.25, 0.3) is 0 Å². The molecule has 3 aromatic rings. The Hall–Kier alpha value is -3.08. The Morgan fingerprint density at radius 1 is 0.963 bits per heavy atom. The second-order valence-corrected chi connectivity index (χ2v) is 6.69. The first-order chi connectivity index (χ1) is 13.1. The summed E-state index contributed by atoms with van der Waals surface area (Å²) in [6, 6.07) is 17.1. The van der Waals surface area contributed by atoms with Crippen molar-refractivity contribution in [3.8, 4) is 0 Å². The summed E-state index contributed by atoms with van der Waals surface area (Å²) in [5, 5.41) is 6.76. The number of imidazole rings is 1. The van der Waals surface area contributed by atoms with Crippen molar-refractivity contribution < 1.29 is 0 Å². The Labute approximate surface area is 161 Å². The standard InChI is InChI=1S/C22H27N5/c1-17-6-4-7-19(12-17)14-25-22(23-3)26-15-20-8-5-9-21(13-20)16-27-11-10-24-18(27)2/h4-13H,14-16H2,1-3H3,(H2,23,25,26). The topological polar surface area (TPSA) is 54.2 Å². The number of hydrogen-bond acceptors (Lipinski definition) is 2. The quantitative estimate of drug-likeness (QED) is 0.522. The minimum absolute atomic E-state index is 0.726. The average Bonchev–Trinajstić information content (AvgIpc) is 3.07. The van der Waals surface area contributed by atoms with Gasteiger partial charge in [0.05, 0.1) is 0 Å². The number of aryl methyl sites for hydroxylation is 2. The van der Waals surface area contributed by atoms with Crippen LogP contribution in [-0.2, 0) is 19.6 Å². The summed E-state index contributed by atoms with van der Waals surface area (Å²) in [6.45, 7) is 6.44. The van der Waals surface area contributed by atoms with Crippen LogP contribution in [-0.4, -0.2) is 22.6 Å².